The summed E-state index contributed by atoms with van der Waals surface area (Å²) >= 11 is 1.30. The molecule has 8 heteroatoms. The molecule has 0 spiro atoms. The molecule has 4 rings (SSSR count). The zero-order valence-electron chi connectivity index (χ0n) is 14.4. The highest BCUT2D eigenvalue weighted by Crippen LogP contribution is 2.36. The van der Waals surface area contributed by atoms with Crippen molar-refractivity contribution in [1.82, 2.24) is 4.98 Å². The Morgan fingerprint density at radius 2 is 1.71 bits per heavy atom. The van der Waals surface area contributed by atoms with Gasteiger partial charge in [0.2, 0.25) is 0 Å². The first-order valence-electron chi connectivity index (χ1n) is 8.31. The Labute approximate surface area is 164 Å². The number of fused-ring (bicyclic) bond motifs is 1. The Bertz CT molecular complexity index is 1210. The van der Waals surface area contributed by atoms with Crippen LogP contribution in [0.5, 0.6) is 0 Å². The molecular formula is C20H14F2N2O2S2. The number of thiophene rings is 1. The van der Waals surface area contributed by atoms with E-state index in [1.54, 1.807) is 18.2 Å². The third-order valence-corrected chi connectivity index (χ3v) is 7.09. The van der Waals surface area contributed by atoms with Gasteiger partial charge in [0.15, 0.2) is 16.7 Å². The third-order valence-electron chi connectivity index (χ3n) is 4.16. The minimum atomic E-state index is -4.01. The summed E-state index contributed by atoms with van der Waals surface area (Å²) < 4.78 is 55.6. The van der Waals surface area contributed by atoms with Crippen LogP contribution in [-0.4, -0.2) is 13.4 Å². The normalized spacial score (nSPS) is 11.6. The van der Waals surface area contributed by atoms with Crippen molar-refractivity contribution in [3.63, 3.8) is 0 Å². The molecule has 0 aliphatic carbocycles. The third kappa shape index (κ3) is 3.48. The number of nitrogens with zero attached hydrogens (tertiary/aromatic N) is 2. The first-order valence-corrected chi connectivity index (χ1v) is 10.6. The highest BCUT2D eigenvalue weighted by Gasteiger charge is 2.28. The van der Waals surface area contributed by atoms with Gasteiger partial charge in [0.05, 0.1) is 6.54 Å². The zero-order chi connectivity index (χ0) is 19.7. The Kier molecular flexibility index (Phi) is 4.82. The van der Waals surface area contributed by atoms with Crippen LogP contribution < -0.4 is 4.31 Å². The molecule has 0 saturated heterocycles. The van der Waals surface area contributed by atoms with Gasteiger partial charge in [0, 0.05) is 10.9 Å². The van der Waals surface area contributed by atoms with E-state index in [9.17, 15) is 17.2 Å². The van der Waals surface area contributed by atoms with Gasteiger partial charge >= 0.3 is 0 Å². The lowest BCUT2D eigenvalue weighted by Crippen LogP contribution is -2.30. The Morgan fingerprint density at radius 3 is 2.43 bits per heavy atom. The van der Waals surface area contributed by atoms with E-state index in [1.807, 2.05) is 24.3 Å². The van der Waals surface area contributed by atoms with Crippen molar-refractivity contribution in [2.75, 3.05) is 4.31 Å². The van der Waals surface area contributed by atoms with Crippen LogP contribution in [0.1, 0.15) is 5.56 Å². The Balaban J connectivity index is 1.83. The van der Waals surface area contributed by atoms with Crippen molar-refractivity contribution in [1.29, 1.82) is 0 Å². The fourth-order valence-electron chi connectivity index (χ4n) is 2.79. The maximum atomic E-state index is 13.7. The lowest BCUT2D eigenvalue weighted by molar-refractivity contribution is 0.507. The topological polar surface area (TPSA) is 50.3 Å². The first-order chi connectivity index (χ1) is 13.4. The van der Waals surface area contributed by atoms with Gasteiger partial charge in [0.25, 0.3) is 10.0 Å². The minimum absolute atomic E-state index is 0.116. The number of pyridine rings is 1. The highest BCUT2D eigenvalue weighted by atomic mass is 32.2. The molecule has 0 amide bonds. The summed E-state index contributed by atoms with van der Waals surface area (Å²) in [6, 6.07) is 17.3. The summed E-state index contributed by atoms with van der Waals surface area (Å²) in [7, 11) is -4.01. The molecule has 0 atom stereocenters. The van der Waals surface area contributed by atoms with E-state index < -0.39 is 21.7 Å². The number of halogens is 2. The maximum absolute atomic E-state index is 13.7. The lowest BCUT2D eigenvalue weighted by Gasteiger charge is -2.22. The molecule has 0 aliphatic heterocycles. The molecule has 4 aromatic rings. The second-order valence-electron chi connectivity index (χ2n) is 6.05. The molecule has 28 heavy (non-hydrogen) atoms. The average molecular weight is 416 g/mol. The van der Waals surface area contributed by atoms with E-state index in [0.717, 1.165) is 22.2 Å². The minimum Gasteiger partial charge on any atom is -0.251 e. The monoisotopic (exact) mass is 416 g/mol. The van der Waals surface area contributed by atoms with Crippen LogP contribution in [0.2, 0.25) is 0 Å². The zero-order valence-corrected chi connectivity index (χ0v) is 16.1. The number of benzene rings is 2. The van der Waals surface area contributed by atoms with Gasteiger partial charge in [-0.15, -0.1) is 11.3 Å². The number of hydrogen-bond donors (Lipinski definition) is 0. The van der Waals surface area contributed by atoms with E-state index in [0.29, 0.717) is 10.6 Å². The predicted molar refractivity (Wildman–Crippen MR) is 106 cm³/mol. The molecular weight excluding hydrogens is 402 g/mol. The fourth-order valence-corrected chi connectivity index (χ4v) is 5.44. The molecule has 2 aromatic heterocycles. The van der Waals surface area contributed by atoms with E-state index >= 15 is 0 Å². The quantitative estimate of drug-likeness (QED) is 0.462. The number of hydrogen-bond acceptors (Lipinski definition) is 4. The second kappa shape index (κ2) is 7.29. The molecule has 4 nitrogen and oxygen atoms in total. The highest BCUT2D eigenvalue weighted by molar-refractivity contribution is 7.93. The summed E-state index contributed by atoms with van der Waals surface area (Å²) in [5.41, 5.74) is 0.330. The van der Waals surface area contributed by atoms with Crippen LogP contribution in [0.15, 0.2) is 78.0 Å². The summed E-state index contributed by atoms with van der Waals surface area (Å²) in [5.74, 6) is -2.01. The fraction of sp³-hybridized carbons (Fsp3) is 0.0500. The van der Waals surface area contributed by atoms with Crippen LogP contribution in [0, 0.1) is 11.6 Å². The second-order valence-corrected chi connectivity index (χ2v) is 8.92. The maximum Gasteiger partial charge on any atom is 0.282 e. The smallest absolute Gasteiger partial charge is 0.251 e. The standard InChI is InChI=1S/C20H14F2N2O2S2/c21-16-9-8-14(11-17(16)22)13-24(28(25,26)19-7-3-4-10-23-19)20-12-15-5-1-2-6-18(15)27-20/h1-12H,13H2. The SMILES string of the molecule is O=S(=O)(c1ccccn1)N(Cc1ccc(F)c(F)c1)c1cc2ccccc2s1. The van der Waals surface area contributed by atoms with Crippen molar-refractivity contribution in [3.8, 4) is 0 Å². The van der Waals surface area contributed by atoms with Crippen LogP contribution in [0.25, 0.3) is 10.1 Å². The number of anilines is 1. The lowest BCUT2D eigenvalue weighted by atomic mass is 10.2. The molecule has 0 fully saturated rings. The van der Waals surface area contributed by atoms with Gasteiger partial charge in [0.1, 0.15) is 5.00 Å². The van der Waals surface area contributed by atoms with Crippen LogP contribution in [0.4, 0.5) is 13.8 Å². The number of aromatic nitrogens is 1. The van der Waals surface area contributed by atoms with E-state index in [1.165, 1.54) is 34.0 Å². The van der Waals surface area contributed by atoms with Gasteiger partial charge in [-0.25, -0.2) is 13.8 Å². The van der Waals surface area contributed by atoms with Crippen LogP contribution in [0.3, 0.4) is 0 Å². The van der Waals surface area contributed by atoms with E-state index in [4.69, 9.17) is 0 Å². The van der Waals surface area contributed by atoms with Crippen molar-refractivity contribution in [2.45, 2.75) is 11.6 Å². The molecule has 142 valence electrons. The molecule has 0 unspecified atom stereocenters. The average Bonchev–Trinajstić information content (AvgIpc) is 3.13. The summed E-state index contributed by atoms with van der Waals surface area (Å²) in [4.78, 5) is 3.96. The van der Waals surface area contributed by atoms with Crippen molar-refractivity contribution >= 4 is 36.4 Å². The van der Waals surface area contributed by atoms with Gasteiger partial charge in [-0.3, -0.25) is 4.31 Å². The Morgan fingerprint density at radius 1 is 0.929 bits per heavy atom. The van der Waals surface area contributed by atoms with Crippen molar-refractivity contribution in [2.24, 2.45) is 0 Å². The van der Waals surface area contributed by atoms with Crippen LogP contribution in [-0.2, 0) is 16.6 Å². The van der Waals surface area contributed by atoms with Gasteiger partial charge < -0.3 is 0 Å². The van der Waals surface area contributed by atoms with Gasteiger partial charge in [-0.1, -0.05) is 30.3 Å². The molecule has 2 heterocycles. The van der Waals surface area contributed by atoms with E-state index in [2.05, 4.69) is 4.98 Å². The molecule has 0 bridgehead atoms. The van der Waals surface area contributed by atoms with Crippen LogP contribution >= 0.6 is 11.3 Å². The molecule has 2 aromatic carbocycles. The largest absolute Gasteiger partial charge is 0.282 e. The molecule has 0 radical (unpaired) electrons. The van der Waals surface area contributed by atoms with Gasteiger partial charge in [-0.2, -0.15) is 8.42 Å². The summed E-state index contributed by atoms with van der Waals surface area (Å²) in [6.07, 6.45) is 1.40. The molecule has 0 saturated carbocycles. The predicted octanol–water partition coefficient (Wildman–Crippen LogP) is 4.97. The van der Waals surface area contributed by atoms with Crippen molar-refractivity contribution < 1.29 is 17.2 Å². The van der Waals surface area contributed by atoms with E-state index in [-0.39, 0.29) is 11.6 Å². The van der Waals surface area contributed by atoms with Gasteiger partial charge in [-0.05, 0) is 47.3 Å². The summed E-state index contributed by atoms with van der Waals surface area (Å²) in [5, 5.41) is 1.25. The molecule has 0 aliphatic rings. The summed E-state index contributed by atoms with van der Waals surface area (Å²) in [6.45, 7) is -0.150. The first kappa shape index (κ1) is 18.5. The number of rotatable bonds is 5. The molecule has 0 N–H and O–H groups in total. The number of sulfonamides is 1. The van der Waals surface area contributed by atoms with Crippen molar-refractivity contribution in [3.05, 3.63) is 90.1 Å². The Hall–Kier alpha value is -2.84.